The molecule has 6 nitrogen and oxygen atoms in total. The Labute approximate surface area is 189 Å². The molecule has 0 radical (unpaired) electrons. The number of amides is 1. The fraction of sp³-hybridized carbons (Fsp3) is 0.500. The molecule has 2 aromatic rings. The Bertz CT molecular complexity index is 1150. The van der Waals surface area contributed by atoms with Gasteiger partial charge in [0.15, 0.2) is 0 Å². The highest BCUT2D eigenvalue weighted by Gasteiger charge is 2.38. The number of hydrogen-bond donors (Lipinski definition) is 1. The zero-order chi connectivity index (χ0) is 23.3. The van der Waals surface area contributed by atoms with Crippen molar-refractivity contribution in [2.75, 3.05) is 0 Å². The van der Waals surface area contributed by atoms with Gasteiger partial charge in [0.05, 0.1) is 12.2 Å². The van der Waals surface area contributed by atoms with Gasteiger partial charge in [-0.25, -0.2) is 4.98 Å². The Morgan fingerprint density at radius 3 is 2.64 bits per heavy atom. The minimum Gasteiger partial charge on any atom is -0.364 e. The van der Waals surface area contributed by atoms with Crippen molar-refractivity contribution in [2.24, 2.45) is 29.6 Å². The number of pyridine rings is 1. The van der Waals surface area contributed by atoms with Crippen molar-refractivity contribution in [3.05, 3.63) is 53.1 Å². The molecule has 3 unspecified atom stereocenters. The smallest absolute Gasteiger partial charge is 0.364 e. The van der Waals surface area contributed by atoms with Gasteiger partial charge >= 0.3 is 6.18 Å². The van der Waals surface area contributed by atoms with E-state index in [1.165, 1.54) is 6.07 Å². The van der Waals surface area contributed by atoms with E-state index in [2.05, 4.69) is 15.1 Å². The van der Waals surface area contributed by atoms with Crippen LogP contribution in [0.15, 0.2) is 35.6 Å². The number of carbonyl (C=O) groups excluding carboxylic acids is 1. The molecule has 174 valence electrons. The first-order valence-electron chi connectivity index (χ1n) is 11.3. The Morgan fingerprint density at radius 1 is 1.21 bits per heavy atom. The van der Waals surface area contributed by atoms with Crippen molar-refractivity contribution >= 4 is 17.2 Å². The van der Waals surface area contributed by atoms with Crippen molar-refractivity contribution in [3.63, 3.8) is 0 Å². The maximum absolute atomic E-state index is 13.4. The molecular formula is C24H26F3N5O. The maximum atomic E-state index is 13.4. The molecule has 2 saturated carbocycles. The Hall–Kier alpha value is -2.97. The number of primary amides is 1. The minimum absolute atomic E-state index is 0.127. The van der Waals surface area contributed by atoms with Crippen molar-refractivity contribution in [1.82, 2.24) is 14.8 Å². The SMILES string of the molecule is Cn1cc(C2=CC(C(N)=O)=NC3CC(Cc4cc(C5CC5)nc(C(F)(F)F)c4)CCC23)cn1. The molecule has 0 saturated heterocycles. The van der Waals surface area contributed by atoms with E-state index >= 15 is 0 Å². The summed E-state index contributed by atoms with van der Waals surface area (Å²) in [7, 11) is 1.84. The van der Waals surface area contributed by atoms with Crippen LogP contribution in [-0.2, 0) is 24.4 Å². The number of aryl methyl sites for hydroxylation is 1. The molecule has 3 heterocycles. The summed E-state index contributed by atoms with van der Waals surface area (Å²) >= 11 is 0. The highest BCUT2D eigenvalue weighted by molar-refractivity contribution is 6.44. The quantitative estimate of drug-likeness (QED) is 0.735. The van der Waals surface area contributed by atoms with Gasteiger partial charge in [0.25, 0.3) is 5.91 Å². The van der Waals surface area contributed by atoms with Crippen LogP contribution in [0.1, 0.15) is 60.5 Å². The van der Waals surface area contributed by atoms with E-state index in [4.69, 9.17) is 5.73 Å². The average Bonchev–Trinajstić information content (AvgIpc) is 3.52. The van der Waals surface area contributed by atoms with Crippen LogP contribution in [0.5, 0.6) is 0 Å². The number of fused-ring (bicyclic) bond motifs is 1. The largest absolute Gasteiger partial charge is 0.433 e. The van der Waals surface area contributed by atoms with Crippen LogP contribution in [0.25, 0.3) is 5.57 Å². The van der Waals surface area contributed by atoms with Crippen molar-refractivity contribution in [1.29, 1.82) is 0 Å². The van der Waals surface area contributed by atoms with Gasteiger partial charge in [0.1, 0.15) is 11.4 Å². The Morgan fingerprint density at radius 2 is 2.00 bits per heavy atom. The van der Waals surface area contributed by atoms with E-state index in [-0.39, 0.29) is 29.5 Å². The summed E-state index contributed by atoms with van der Waals surface area (Å²) in [5.41, 5.74) is 8.19. The molecule has 0 bridgehead atoms. The third-order valence-corrected chi connectivity index (χ3v) is 6.93. The third-order valence-electron chi connectivity index (χ3n) is 6.93. The molecule has 2 N–H and O–H groups in total. The first kappa shape index (κ1) is 21.9. The molecule has 2 aromatic heterocycles. The van der Waals surface area contributed by atoms with Crippen molar-refractivity contribution in [2.45, 2.75) is 56.7 Å². The van der Waals surface area contributed by atoms with Crippen LogP contribution in [0.2, 0.25) is 0 Å². The van der Waals surface area contributed by atoms with E-state index in [9.17, 15) is 18.0 Å². The van der Waals surface area contributed by atoms with Gasteiger partial charge in [-0.3, -0.25) is 14.5 Å². The number of alkyl halides is 3. The number of aromatic nitrogens is 3. The summed E-state index contributed by atoms with van der Waals surface area (Å²) in [6.45, 7) is 0. The van der Waals surface area contributed by atoms with Gasteiger partial charge in [-0.2, -0.15) is 18.3 Å². The van der Waals surface area contributed by atoms with Crippen molar-refractivity contribution in [3.8, 4) is 0 Å². The summed E-state index contributed by atoms with van der Waals surface area (Å²) in [5.74, 6) is -0.114. The van der Waals surface area contributed by atoms with Crippen LogP contribution >= 0.6 is 0 Å². The van der Waals surface area contributed by atoms with Gasteiger partial charge in [0, 0.05) is 36.3 Å². The zero-order valence-electron chi connectivity index (χ0n) is 18.3. The molecule has 3 aliphatic rings. The van der Waals surface area contributed by atoms with Gasteiger partial charge < -0.3 is 5.73 Å². The molecule has 33 heavy (non-hydrogen) atoms. The molecule has 0 spiro atoms. The standard InChI is InChI=1S/C24H26F3N5O/c1-32-12-16(11-29-32)18-10-21(23(28)33)30-20-7-13(2-5-17(18)20)6-14-8-19(15-3-4-15)31-22(9-14)24(25,26)27/h8-13,15,17,20H,2-7H2,1H3,(H2,28,33). The lowest BCUT2D eigenvalue weighted by Crippen LogP contribution is -2.36. The van der Waals surface area contributed by atoms with E-state index in [0.29, 0.717) is 24.1 Å². The summed E-state index contributed by atoms with van der Waals surface area (Å²) < 4.78 is 42.0. The highest BCUT2D eigenvalue weighted by atomic mass is 19.4. The highest BCUT2D eigenvalue weighted by Crippen LogP contribution is 2.44. The lowest BCUT2D eigenvalue weighted by Gasteiger charge is -2.37. The second kappa shape index (κ2) is 8.11. The molecule has 1 amide bonds. The number of aliphatic imine (C=N–C) groups is 1. The van der Waals surface area contributed by atoms with Crippen LogP contribution in [0.4, 0.5) is 13.2 Å². The Balaban J connectivity index is 1.38. The van der Waals surface area contributed by atoms with Gasteiger partial charge in [-0.05, 0) is 73.8 Å². The number of dihydropyridines is 1. The number of carbonyl (C=O) groups is 1. The van der Waals surface area contributed by atoms with E-state index in [1.54, 1.807) is 17.0 Å². The molecule has 2 aliphatic carbocycles. The van der Waals surface area contributed by atoms with Crippen LogP contribution in [0, 0.1) is 11.8 Å². The first-order valence-corrected chi connectivity index (χ1v) is 11.3. The molecule has 0 aromatic carbocycles. The van der Waals surface area contributed by atoms with Gasteiger partial charge in [-0.15, -0.1) is 0 Å². The number of halogens is 3. The predicted molar refractivity (Wildman–Crippen MR) is 117 cm³/mol. The van der Waals surface area contributed by atoms with Crippen LogP contribution in [0.3, 0.4) is 0 Å². The molecule has 9 heteroatoms. The van der Waals surface area contributed by atoms with E-state index in [1.807, 2.05) is 19.3 Å². The molecule has 5 rings (SSSR count). The van der Waals surface area contributed by atoms with E-state index in [0.717, 1.165) is 36.8 Å². The van der Waals surface area contributed by atoms with Gasteiger partial charge in [-0.1, -0.05) is 0 Å². The number of hydrogen-bond acceptors (Lipinski definition) is 4. The van der Waals surface area contributed by atoms with Crippen LogP contribution < -0.4 is 5.73 Å². The topological polar surface area (TPSA) is 86.2 Å². The summed E-state index contributed by atoms with van der Waals surface area (Å²) in [4.78, 5) is 20.5. The fourth-order valence-electron chi connectivity index (χ4n) is 5.19. The summed E-state index contributed by atoms with van der Waals surface area (Å²) in [6, 6.07) is 2.91. The fourth-order valence-corrected chi connectivity index (χ4v) is 5.19. The lowest BCUT2D eigenvalue weighted by atomic mass is 9.71. The zero-order valence-corrected chi connectivity index (χ0v) is 18.3. The normalized spacial score (nSPS) is 25.3. The number of nitrogens with zero attached hydrogens (tertiary/aromatic N) is 4. The maximum Gasteiger partial charge on any atom is 0.433 e. The predicted octanol–water partition coefficient (Wildman–Crippen LogP) is 4.06. The summed E-state index contributed by atoms with van der Waals surface area (Å²) in [5, 5.41) is 4.25. The van der Waals surface area contributed by atoms with Crippen LogP contribution in [-0.4, -0.2) is 32.4 Å². The number of nitrogens with two attached hydrogens (primary N) is 1. The second-order valence-corrected chi connectivity index (χ2v) is 9.50. The first-order chi connectivity index (χ1) is 15.7. The number of rotatable bonds is 5. The molecule has 3 atom stereocenters. The lowest BCUT2D eigenvalue weighted by molar-refractivity contribution is -0.141. The molecule has 2 fully saturated rings. The Kier molecular flexibility index (Phi) is 5.37. The third kappa shape index (κ3) is 4.58. The molecular weight excluding hydrogens is 431 g/mol. The minimum atomic E-state index is -4.45. The van der Waals surface area contributed by atoms with Crippen molar-refractivity contribution < 1.29 is 18.0 Å². The van der Waals surface area contributed by atoms with Gasteiger partial charge in [0.2, 0.25) is 0 Å². The summed E-state index contributed by atoms with van der Waals surface area (Å²) in [6.07, 6.45) is 5.75. The second-order valence-electron chi connectivity index (χ2n) is 9.50. The van der Waals surface area contributed by atoms with E-state index < -0.39 is 17.8 Å². The monoisotopic (exact) mass is 457 g/mol. The molecule has 1 aliphatic heterocycles. The average molecular weight is 458 g/mol.